The quantitative estimate of drug-likeness (QED) is 0.547. The van der Waals surface area contributed by atoms with E-state index < -0.39 is 0 Å². The van der Waals surface area contributed by atoms with Crippen LogP contribution in [0, 0.1) is 0 Å². The fourth-order valence-corrected chi connectivity index (χ4v) is 2.72. The van der Waals surface area contributed by atoms with Crippen LogP contribution < -0.4 is 5.73 Å². The number of anilines is 1. The van der Waals surface area contributed by atoms with Gasteiger partial charge in [0.15, 0.2) is 0 Å². The highest BCUT2D eigenvalue weighted by molar-refractivity contribution is 7.81. The van der Waals surface area contributed by atoms with Crippen LogP contribution in [0.4, 0.5) is 5.69 Å². The molecule has 0 unspecified atom stereocenters. The molecule has 1 aromatic carbocycles. The Hall–Kier alpha value is -0.670. The molecule has 1 heterocycles. The second-order valence-electron chi connectivity index (χ2n) is 2.99. The fourth-order valence-electron chi connectivity index (χ4n) is 1.46. The number of nitrogen functional groups attached to an aromatic ring is 1. The van der Waals surface area contributed by atoms with Gasteiger partial charge in [-0.3, -0.25) is 0 Å². The van der Waals surface area contributed by atoms with Gasteiger partial charge in [-0.05, 0) is 34.9 Å². The van der Waals surface area contributed by atoms with Crippen molar-refractivity contribution in [2.75, 3.05) is 5.73 Å². The van der Waals surface area contributed by atoms with Gasteiger partial charge in [0, 0.05) is 15.3 Å². The lowest BCUT2D eigenvalue weighted by Crippen LogP contribution is -1.94. The largest absolute Gasteiger partial charge is 0.398 e. The molecule has 2 rings (SSSR count). The molecule has 3 heteroatoms. The van der Waals surface area contributed by atoms with Gasteiger partial charge in [0.05, 0.1) is 0 Å². The zero-order chi connectivity index (χ0) is 9.42. The Bertz CT molecular complexity index is 445. The molecule has 0 amide bonds. The van der Waals surface area contributed by atoms with Crippen molar-refractivity contribution in [2.24, 2.45) is 0 Å². The third-order valence-electron chi connectivity index (χ3n) is 2.22. The van der Waals surface area contributed by atoms with Crippen LogP contribution in [0.1, 0.15) is 12.5 Å². The molecule has 0 aliphatic rings. The summed E-state index contributed by atoms with van der Waals surface area (Å²) in [6, 6.07) is 4.26. The van der Waals surface area contributed by atoms with Gasteiger partial charge < -0.3 is 5.73 Å². The summed E-state index contributed by atoms with van der Waals surface area (Å²) in [5.41, 5.74) is 7.97. The third kappa shape index (κ3) is 1.32. The second-order valence-corrected chi connectivity index (χ2v) is 4.35. The molecule has 0 fully saturated rings. The van der Waals surface area contributed by atoms with Crippen molar-refractivity contribution >= 4 is 39.7 Å². The molecule has 2 aromatic rings. The summed E-state index contributed by atoms with van der Waals surface area (Å²) >= 11 is 6.13. The van der Waals surface area contributed by atoms with E-state index in [1.54, 1.807) is 11.3 Å². The maximum absolute atomic E-state index is 5.95. The molecular formula is C10H11NS2. The number of rotatable bonds is 1. The molecule has 0 saturated heterocycles. The number of nitrogens with two attached hydrogens (primary N) is 1. The van der Waals surface area contributed by atoms with Crippen molar-refractivity contribution in [1.82, 2.24) is 0 Å². The lowest BCUT2D eigenvalue weighted by molar-refractivity contribution is 1.14. The first-order chi connectivity index (χ1) is 6.24. The zero-order valence-corrected chi connectivity index (χ0v) is 9.08. The highest BCUT2D eigenvalue weighted by atomic mass is 32.1. The predicted molar refractivity (Wildman–Crippen MR) is 62.9 cm³/mol. The van der Waals surface area contributed by atoms with Crippen molar-refractivity contribution < 1.29 is 0 Å². The van der Waals surface area contributed by atoms with Crippen LogP contribution in [0.15, 0.2) is 22.4 Å². The van der Waals surface area contributed by atoms with Crippen LogP contribution in [-0.4, -0.2) is 0 Å². The zero-order valence-electron chi connectivity index (χ0n) is 7.37. The highest BCUT2D eigenvalue weighted by Gasteiger charge is 2.07. The van der Waals surface area contributed by atoms with E-state index in [2.05, 4.69) is 37.1 Å². The van der Waals surface area contributed by atoms with Gasteiger partial charge in [-0.2, -0.15) is 0 Å². The Morgan fingerprint density at radius 1 is 1.54 bits per heavy atom. The van der Waals surface area contributed by atoms with Gasteiger partial charge in [0.2, 0.25) is 0 Å². The average molecular weight is 209 g/mol. The number of hydrogen-bond acceptors (Lipinski definition) is 3. The number of thiol groups is 1. The molecule has 1 nitrogen and oxygen atoms in total. The predicted octanol–water partition coefficient (Wildman–Crippen LogP) is 3.33. The van der Waals surface area contributed by atoms with Crippen LogP contribution in [0.25, 0.3) is 10.1 Å². The van der Waals surface area contributed by atoms with E-state index in [1.807, 2.05) is 0 Å². The summed E-state index contributed by atoms with van der Waals surface area (Å²) in [6.07, 6.45) is 0.963. The number of benzene rings is 1. The Labute approximate surface area is 87.0 Å². The van der Waals surface area contributed by atoms with E-state index in [1.165, 1.54) is 15.6 Å². The highest BCUT2D eigenvalue weighted by Crippen LogP contribution is 2.34. The summed E-state index contributed by atoms with van der Waals surface area (Å²) in [5, 5.41) is 3.32. The summed E-state index contributed by atoms with van der Waals surface area (Å²) < 4.78 is 1.19. The molecule has 0 spiro atoms. The third-order valence-corrected chi connectivity index (χ3v) is 3.79. The molecule has 0 atom stereocenters. The number of fused-ring (bicyclic) bond motifs is 1. The standard InChI is InChI=1S/C10H11NS2/c1-2-6-5-7-3-4-13-10(7)9(12)8(6)11/h3-5,12H,2,11H2,1H3. The number of aryl methyl sites for hydroxylation is 1. The van der Waals surface area contributed by atoms with E-state index >= 15 is 0 Å². The molecular weight excluding hydrogens is 198 g/mol. The van der Waals surface area contributed by atoms with E-state index in [0.717, 1.165) is 17.0 Å². The van der Waals surface area contributed by atoms with Crippen LogP contribution in [0.5, 0.6) is 0 Å². The summed E-state index contributed by atoms with van der Waals surface area (Å²) in [4.78, 5) is 0.935. The Morgan fingerprint density at radius 3 is 3.00 bits per heavy atom. The number of hydrogen-bond donors (Lipinski definition) is 2. The molecule has 0 aliphatic heterocycles. The van der Waals surface area contributed by atoms with Crippen LogP contribution in [0.2, 0.25) is 0 Å². The smallest absolute Gasteiger partial charge is 0.0497 e. The molecule has 0 bridgehead atoms. The first-order valence-corrected chi connectivity index (χ1v) is 5.54. The average Bonchev–Trinajstić information content (AvgIpc) is 2.59. The van der Waals surface area contributed by atoms with E-state index in [0.29, 0.717) is 0 Å². The van der Waals surface area contributed by atoms with Gasteiger partial charge in [-0.25, -0.2) is 0 Å². The first-order valence-electron chi connectivity index (χ1n) is 4.21. The monoisotopic (exact) mass is 209 g/mol. The van der Waals surface area contributed by atoms with Gasteiger partial charge in [-0.15, -0.1) is 24.0 Å². The maximum atomic E-state index is 5.95. The van der Waals surface area contributed by atoms with Crippen molar-refractivity contribution in [1.29, 1.82) is 0 Å². The lowest BCUT2D eigenvalue weighted by atomic mass is 10.1. The van der Waals surface area contributed by atoms with Crippen LogP contribution in [0.3, 0.4) is 0 Å². The Kier molecular flexibility index (Phi) is 2.22. The summed E-state index contributed by atoms with van der Waals surface area (Å²) in [6.45, 7) is 2.11. The SMILES string of the molecule is CCc1cc2ccsc2c(S)c1N. The van der Waals surface area contributed by atoms with E-state index in [9.17, 15) is 0 Å². The molecule has 2 N–H and O–H groups in total. The van der Waals surface area contributed by atoms with E-state index in [-0.39, 0.29) is 0 Å². The van der Waals surface area contributed by atoms with Crippen molar-refractivity contribution in [3.63, 3.8) is 0 Å². The van der Waals surface area contributed by atoms with Gasteiger partial charge in [0.1, 0.15) is 0 Å². The molecule has 1 aromatic heterocycles. The van der Waals surface area contributed by atoms with Gasteiger partial charge >= 0.3 is 0 Å². The van der Waals surface area contributed by atoms with E-state index in [4.69, 9.17) is 5.73 Å². The van der Waals surface area contributed by atoms with Crippen molar-refractivity contribution in [3.8, 4) is 0 Å². The second kappa shape index (κ2) is 3.24. The molecule has 68 valence electrons. The van der Waals surface area contributed by atoms with Crippen LogP contribution >= 0.6 is 24.0 Å². The minimum atomic E-state index is 0.834. The lowest BCUT2D eigenvalue weighted by Gasteiger charge is -2.06. The maximum Gasteiger partial charge on any atom is 0.0497 e. The Morgan fingerprint density at radius 2 is 2.31 bits per heavy atom. The topological polar surface area (TPSA) is 26.0 Å². The summed E-state index contributed by atoms with van der Waals surface area (Å²) in [7, 11) is 0. The van der Waals surface area contributed by atoms with Gasteiger partial charge in [0.25, 0.3) is 0 Å². The molecule has 13 heavy (non-hydrogen) atoms. The Balaban J connectivity index is 2.83. The van der Waals surface area contributed by atoms with Crippen molar-refractivity contribution in [3.05, 3.63) is 23.1 Å². The molecule has 0 aliphatic carbocycles. The molecule has 0 saturated carbocycles. The van der Waals surface area contributed by atoms with Gasteiger partial charge in [-0.1, -0.05) is 6.92 Å². The molecule has 0 radical (unpaired) electrons. The van der Waals surface area contributed by atoms with Crippen LogP contribution in [-0.2, 0) is 6.42 Å². The minimum Gasteiger partial charge on any atom is -0.398 e. The first kappa shape index (κ1) is 8.91. The van der Waals surface area contributed by atoms with Crippen molar-refractivity contribution in [2.45, 2.75) is 18.2 Å². The fraction of sp³-hybridized carbons (Fsp3) is 0.200. The number of thiophene rings is 1. The summed E-state index contributed by atoms with van der Waals surface area (Å²) in [5.74, 6) is 0. The normalized spacial score (nSPS) is 10.9. The minimum absolute atomic E-state index is 0.834.